The molecule has 0 N–H and O–H groups in total. The highest BCUT2D eigenvalue weighted by atomic mass is 35.5. The fraction of sp³-hybridized carbons (Fsp3) is 0.545. The van der Waals surface area contributed by atoms with Crippen LogP contribution >= 0.6 is 11.6 Å². The van der Waals surface area contributed by atoms with Gasteiger partial charge >= 0.3 is 0 Å². The molecule has 0 spiro atoms. The van der Waals surface area contributed by atoms with Crippen molar-refractivity contribution in [3.63, 3.8) is 0 Å². The summed E-state index contributed by atoms with van der Waals surface area (Å²) in [5.74, 6) is 3.40. The van der Waals surface area contributed by atoms with Crippen molar-refractivity contribution in [2.75, 3.05) is 0 Å². The Bertz CT molecular complexity index is 554. The average Bonchev–Trinajstić information content (AvgIpc) is 2.70. The fourth-order valence-corrected chi connectivity index (χ4v) is 3.36. The first-order valence-corrected chi connectivity index (χ1v) is 6.08. The minimum atomic E-state index is 0.474. The molecule has 2 heterocycles. The topological polar surface area (TPSA) is 43.1 Å². The third-order valence-corrected chi connectivity index (χ3v) is 4.20. The molecule has 2 aromatic heterocycles. The van der Waals surface area contributed by atoms with Crippen molar-refractivity contribution in [3.8, 4) is 0 Å². The van der Waals surface area contributed by atoms with Crippen LogP contribution in [0.5, 0.6) is 0 Å². The van der Waals surface area contributed by atoms with Crippen molar-refractivity contribution in [3.05, 3.63) is 23.4 Å². The summed E-state index contributed by atoms with van der Waals surface area (Å²) in [6, 6.07) is 1.76. The van der Waals surface area contributed by atoms with Gasteiger partial charge in [0.05, 0.1) is 0 Å². The molecule has 0 saturated heterocycles. The van der Waals surface area contributed by atoms with Crippen molar-refractivity contribution in [1.29, 1.82) is 0 Å². The lowest BCUT2D eigenvalue weighted by atomic mass is 10.1. The summed E-state index contributed by atoms with van der Waals surface area (Å²) in [6.07, 6.45) is 5.82. The molecule has 82 valence electrons. The average molecular weight is 235 g/mol. The molecule has 2 saturated carbocycles. The molecule has 4 nitrogen and oxygen atoms in total. The molecule has 0 aromatic carbocycles. The van der Waals surface area contributed by atoms with Crippen LogP contribution in [0.25, 0.3) is 5.65 Å². The summed E-state index contributed by atoms with van der Waals surface area (Å²) in [4.78, 5) is 4.09. The van der Waals surface area contributed by atoms with Crippen LogP contribution in [-0.4, -0.2) is 19.6 Å². The fourth-order valence-electron chi connectivity index (χ4n) is 3.22. The van der Waals surface area contributed by atoms with E-state index in [9.17, 15) is 0 Å². The number of nitrogens with zero attached hydrogens (tertiary/aromatic N) is 4. The molecule has 0 aliphatic heterocycles. The van der Waals surface area contributed by atoms with E-state index in [2.05, 4.69) is 15.2 Å². The van der Waals surface area contributed by atoms with Crippen LogP contribution in [0.4, 0.5) is 0 Å². The van der Waals surface area contributed by atoms with Crippen LogP contribution in [0.15, 0.2) is 12.4 Å². The third kappa shape index (κ3) is 1.08. The second-order valence-corrected chi connectivity index (χ2v) is 5.17. The highest BCUT2D eigenvalue weighted by Crippen LogP contribution is 2.62. The molecule has 2 atom stereocenters. The SMILES string of the molecule is Clc1cc2nnc(C3C4CCCC43)n2cn1. The summed E-state index contributed by atoms with van der Waals surface area (Å²) in [5.41, 5.74) is 0.806. The predicted molar refractivity (Wildman–Crippen MR) is 59.4 cm³/mol. The Hall–Kier alpha value is -1.16. The lowest BCUT2D eigenvalue weighted by molar-refractivity contribution is 0.652. The van der Waals surface area contributed by atoms with Crippen molar-refractivity contribution < 1.29 is 0 Å². The number of halogens is 1. The smallest absolute Gasteiger partial charge is 0.165 e. The van der Waals surface area contributed by atoms with E-state index in [1.165, 1.54) is 19.3 Å². The van der Waals surface area contributed by atoms with Crippen molar-refractivity contribution in [2.45, 2.75) is 25.2 Å². The normalized spacial score (nSPS) is 31.9. The second-order valence-electron chi connectivity index (χ2n) is 4.78. The highest BCUT2D eigenvalue weighted by molar-refractivity contribution is 6.29. The zero-order chi connectivity index (χ0) is 10.7. The summed E-state index contributed by atoms with van der Waals surface area (Å²) in [5, 5.41) is 8.93. The predicted octanol–water partition coefficient (Wildman–Crippen LogP) is 2.29. The van der Waals surface area contributed by atoms with Crippen LogP contribution in [0.1, 0.15) is 31.0 Å². The van der Waals surface area contributed by atoms with Gasteiger partial charge in [-0.2, -0.15) is 0 Å². The number of fused-ring (bicyclic) bond motifs is 2. The molecule has 2 fully saturated rings. The molecular weight excluding hydrogens is 224 g/mol. The summed E-state index contributed by atoms with van der Waals surface area (Å²) < 4.78 is 1.98. The van der Waals surface area contributed by atoms with E-state index < -0.39 is 0 Å². The zero-order valence-corrected chi connectivity index (χ0v) is 9.43. The number of hydrogen-bond donors (Lipinski definition) is 0. The first-order chi connectivity index (χ1) is 7.84. The molecule has 5 heteroatoms. The minimum Gasteiger partial charge on any atom is -0.269 e. The number of rotatable bonds is 1. The maximum atomic E-state index is 5.83. The van der Waals surface area contributed by atoms with Crippen molar-refractivity contribution in [2.24, 2.45) is 11.8 Å². The monoisotopic (exact) mass is 234 g/mol. The van der Waals surface area contributed by atoms with Crippen LogP contribution in [0.2, 0.25) is 5.15 Å². The standard InChI is InChI=1S/C11H11ClN4/c12-8-4-9-14-15-11(16(9)5-13-8)10-6-2-1-3-7(6)10/h4-7,10H,1-3H2. The maximum Gasteiger partial charge on any atom is 0.165 e. The zero-order valence-electron chi connectivity index (χ0n) is 8.67. The first-order valence-electron chi connectivity index (χ1n) is 5.71. The molecule has 2 aromatic rings. The van der Waals surface area contributed by atoms with Gasteiger partial charge in [-0.25, -0.2) is 4.98 Å². The molecule has 4 rings (SSSR count). The van der Waals surface area contributed by atoms with E-state index in [4.69, 9.17) is 11.6 Å². The maximum absolute atomic E-state index is 5.83. The van der Waals surface area contributed by atoms with E-state index in [0.29, 0.717) is 11.1 Å². The Morgan fingerprint density at radius 1 is 1.25 bits per heavy atom. The van der Waals surface area contributed by atoms with E-state index in [1.54, 1.807) is 12.4 Å². The van der Waals surface area contributed by atoms with E-state index in [0.717, 1.165) is 23.3 Å². The van der Waals surface area contributed by atoms with Gasteiger partial charge in [-0.3, -0.25) is 4.40 Å². The van der Waals surface area contributed by atoms with Crippen molar-refractivity contribution >= 4 is 17.2 Å². The van der Waals surface area contributed by atoms with Gasteiger partial charge in [0.1, 0.15) is 17.3 Å². The second kappa shape index (κ2) is 2.94. The van der Waals surface area contributed by atoms with Gasteiger partial charge in [-0.15, -0.1) is 10.2 Å². The Morgan fingerprint density at radius 3 is 2.88 bits per heavy atom. The molecule has 0 bridgehead atoms. The molecule has 2 unspecified atom stereocenters. The Labute approximate surface area is 97.7 Å². The lowest BCUT2D eigenvalue weighted by Gasteiger charge is -2.01. The Kier molecular flexibility index (Phi) is 1.64. The van der Waals surface area contributed by atoms with E-state index in [1.807, 2.05) is 4.40 Å². The molecule has 16 heavy (non-hydrogen) atoms. The van der Waals surface area contributed by atoms with Crippen LogP contribution < -0.4 is 0 Å². The molecular formula is C11H11ClN4. The van der Waals surface area contributed by atoms with E-state index >= 15 is 0 Å². The summed E-state index contributed by atoms with van der Waals surface area (Å²) >= 11 is 5.83. The van der Waals surface area contributed by atoms with Crippen LogP contribution in [0, 0.1) is 11.8 Å². The number of aromatic nitrogens is 4. The highest BCUT2D eigenvalue weighted by Gasteiger charge is 2.55. The molecule has 2 aliphatic rings. The first kappa shape index (κ1) is 8.93. The number of hydrogen-bond acceptors (Lipinski definition) is 3. The molecule has 2 aliphatic carbocycles. The molecule has 0 radical (unpaired) electrons. The van der Waals surface area contributed by atoms with Crippen LogP contribution in [0.3, 0.4) is 0 Å². The largest absolute Gasteiger partial charge is 0.269 e. The Balaban J connectivity index is 1.81. The van der Waals surface area contributed by atoms with Gasteiger partial charge < -0.3 is 0 Å². The summed E-state index contributed by atoms with van der Waals surface area (Å²) in [6.45, 7) is 0. The van der Waals surface area contributed by atoms with Gasteiger partial charge in [0.15, 0.2) is 5.65 Å². The van der Waals surface area contributed by atoms with Gasteiger partial charge in [0.25, 0.3) is 0 Å². The van der Waals surface area contributed by atoms with Gasteiger partial charge in [-0.1, -0.05) is 18.0 Å². The minimum absolute atomic E-state index is 0.474. The third-order valence-electron chi connectivity index (χ3n) is 4.00. The van der Waals surface area contributed by atoms with Gasteiger partial charge in [-0.05, 0) is 24.7 Å². The summed E-state index contributed by atoms with van der Waals surface area (Å²) in [7, 11) is 0. The van der Waals surface area contributed by atoms with Crippen molar-refractivity contribution in [1.82, 2.24) is 19.6 Å². The van der Waals surface area contributed by atoms with Gasteiger partial charge in [0.2, 0.25) is 0 Å². The van der Waals surface area contributed by atoms with Crippen LogP contribution in [-0.2, 0) is 0 Å². The quantitative estimate of drug-likeness (QED) is 0.711. The van der Waals surface area contributed by atoms with E-state index in [-0.39, 0.29) is 0 Å². The van der Waals surface area contributed by atoms with Gasteiger partial charge in [0, 0.05) is 12.0 Å². The Morgan fingerprint density at radius 2 is 2.06 bits per heavy atom. The lowest BCUT2D eigenvalue weighted by Crippen LogP contribution is -1.97. The molecule has 0 amide bonds.